The van der Waals surface area contributed by atoms with Gasteiger partial charge in [-0.25, -0.2) is 4.79 Å². The van der Waals surface area contributed by atoms with Gasteiger partial charge in [-0.15, -0.1) is 0 Å². The van der Waals surface area contributed by atoms with Crippen LogP contribution in [0, 0.1) is 17.0 Å². The number of hydrogen-bond acceptors (Lipinski definition) is 5. The first kappa shape index (κ1) is 14.0. The Kier molecular flexibility index (Phi) is 4.65. The van der Waals surface area contributed by atoms with E-state index in [1.165, 1.54) is 12.1 Å². The van der Waals surface area contributed by atoms with E-state index in [9.17, 15) is 14.9 Å². The monoisotopic (exact) mass is 252 g/mol. The summed E-state index contributed by atoms with van der Waals surface area (Å²) >= 11 is 0. The predicted molar refractivity (Wildman–Crippen MR) is 67.6 cm³/mol. The van der Waals surface area contributed by atoms with Gasteiger partial charge in [-0.3, -0.25) is 10.1 Å². The Bertz CT molecular complexity index is 459. The van der Waals surface area contributed by atoms with Gasteiger partial charge < -0.3 is 10.1 Å². The van der Waals surface area contributed by atoms with Gasteiger partial charge in [0.15, 0.2) is 0 Å². The maximum absolute atomic E-state index is 11.5. The first-order valence-corrected chi connectivity index (χ1v) is 5.64. The number of non-ortho nitro benzene ring substituents is 1. The summed E-state index contributed by atoms with van der Waals surface area (Å²) in [6, 6.07) is 3.92. The van der Waals surface area contributed by atoms with E-state index in [1.54, 1.807) is 19.9 Å². The molecule has 0 amide bonds. The summed E-state index contributed by atoms with van der Waals surface area (Å²) in [6.45, 7) is 5.49. The molecule has 0 saturated heterocycles. The van der Waals surface area contributed by atoms with E-state index >= 15 is 0 Å². The van der Waals surface area contributed by atoms with Crippen LogP contribution in [0.2, 0.25) is 0 Å². The second kappa shape index (κ2) is 6.00. The van der Waals surface area contributed by atoms with Crippen molar-refractivity contribution in [3.63, 3.8) is 0 Å². The molecule has 0 spiro atoms. The SMILES string of the molecule is CCOC(=O)C(C)Nc1cc([N+](=O)[O-])ccc1C. The van der Waals surface area contributed by atoms with Crippen LogP contribution in [0.5, 0.6) is 0 Å². The summed E-state index contributed by atoms with van der Waals surface area (Å²) in [6.07, 6.45) is 0. The van der Waals surface area contributed by atoms with Crippen molar-refractivity contribution in [1.82, 2.24) is 0 Å². The van der Waals surface area contributed by atoms with Crippen molar-refractivity contribution >= 4 is 17.3 Å². The molecule has 0 aromatic heterocycles. The molecule has 0 aliphatic heterocycles. The van der Waals surface area contributed by atoms with Crippen molar-refractivity contribution in [3.8, 4) is 0 Å². The molecule has 6 nitrogen and oxygen atoms in total. The molecule has 1 aromatic rings. The molecule has 0 aliphatic carbocycles. The number of aryl methyl sites for hydroxylation is 1. The van der Waals surface area contributed by atoms with E-state index in [0.29, 0.717) is 12.3 Å². The van der Waals surface area contributed by atoms with Gasteiger partial charge in [0.1, 0.15) is 6.04 Å². The zero-order valence-corrected chi connectivity index (χ0v) is 10.6. The minimum atomic E-state index is -0.550. The number of rotatable bonds is 5. The standard InChI is InChI=1S/C12H16N2O4/c1-4-18-12(15)9(3)13-11-7-10(14(16)17)6-5-8(11)2/h5-7,9,13H,4H2,1-3H3. The minimum absolute atomic E-state index is 0.0147. The zero-order valence-electron chi connectivity index (χ0n) is 10.6. The highest BCUT2D eigenvalue weighted by Gasteiger charge is 2.16. The first-order chi connectivity index (χ1) is 8.45. The van der Waals surface area contributed by atoms with Crippen LogP contribution in [0.3, 0.4) is 0 Å². The highest BCUT2D eigenvalue weighted by Crippen LogP contribution is 2.22. The van der Waals surface area contributed by atoms with Gasteiger partial charge >= 0.3 is 5.97 Å². The molecule has 0 bridgehead atoms. The van der Waals surface area contributed by atoms with E-state index < -0.39 is 11.0 Å². The van der Waals surface area contributed by atoms with Crippen LogP contribution < -0.4 is 5.32 Å². The Morgan fingerprint density at radius 1 is 1.56 bits per heavy atom. The Balaban J connectivity index is 2.86. The molecule has 1 N–H and O–H groups in total. The van der Waals surface area contributed by atoms with Crippen molar-refractivity contribution in [2.45, 2.75) is 26.8 Å². The van der Waals surface area contributed by atoms with Gasteiger partial charge in [-0.1, -0.05) is 6.07 Å². The van der Waals surface area contributed by atoms with E-state index in [2.05, 4.69) is 5.32 Å². The van der Waals surface area contributed by atoms with Crippen molar-refractivity contribution in [2.75, 3.05) is 11.9 Å². The fourth-order valence-corrected chi connectivity index (χ4v) is 1.44. The Morgan fingerprint density at radius 2 is 2.22 bits per heavy atom. The number of anilines is 1. The lowest BCUT2D eigenvalue weighted by molar-refractivity contribution is -0.384. The number of nitro groups is 1. The molecule has 0 fully saturated rings. The summed E-state index contributed by atoms with van der Waals surface area (Å²) < 4.78 is 4.86. The number of ether oxygens (including phenoxy) is 1. The smallest absolute Gasteiger partial charge is 0.328 e. The second-order valence-corrected chi connectivity index (χ2v) is 3.87. The van der Waals surface area contributed by atoms with E-state index in [-0.39, 0.29) is 11.7 Å². The number of carbonyl (C=O) groups is 1. The zero-order chi connectivity index (χ0) is 13.7. The number of hydrogen-bond donors (Lipinski definition) is 1. The fraction of sp³-hybridized carbons (Fsp3) is 0.417. The number of nitrogens with one attached hydrogen (secondary N) is 1. The third-order valence-corrected chi connectivity index (χ3v) is 2.44. The normalized spacial score (nSPS) is 11.7. The fourth-order valence-electron chi connectivity index (χ4n) is 1.44. The number of benzene rings is 1. The van der Waals surface area contributed by atoms with Crippen molar-refractivity contribution in [2.24, 2.45) is 0 Å². The highest BCUT2D eigenvalue weighted by atomic mass is 16.6. The van der Waals surface area contributed by atoms with Gasteiger partial charge in [-0.05, 0) is 26.3 Å². The molecule has 1 rings (SSSR count). The summed E-state index contributed by atoms with van der Waals surface area (Å²) in [7, 11) is 0. The van der Waals surface area contributed by atoms with Crippen molar-refractivity contribution < 1.29 is 14.5 Å². The number of esters is 1. The lowest BCUT2D eigenvalue weighted by Gasteiger charge is -2.15. The van der Waals surface area contributed by atoms with E-state index in [0.717, 1.165) is 5.56 Å². The summed E-state index contributed by atoms with van der Waals surface area (Å²) in [5, 5.41) is 13.6. The largest absolute Gasteiger partial charge is 0.464 e. The molecular formula is C12H16N2O4. The van der Waals surface area contributed by atoms with Gasteiger partial charge in [0.25, 0.3) is 5.69 Å². The lowest BCUT2D eigenvalue weighted by atomic mass is 10.1. The average Bonchev–Trinajstić information content (AvgIpc) is 2.31. The molecule has 6 heteroatoms. The van der Waals surface area contributed by atoms with E-state index in [1.807, 2.05) is 6.92 Å². The van der Waals surface area contributed by atoms with Gasteiger partial charge in [0.2, 0.25) is 0 Å². The van der Waals surface area contributed by atoms with Crippen LogP contribution in [0.4, 0.5) is 11.4 Å². The van der Waals surface area contributed by atoms with E-state index in [4.69, 9.17) is 4.74 Å². The maximum atomic E-state index is 11.5. The van der Waals surface area contributed by atoms with Crippen molar-refractivity contribution in [1.29, 1.82) is 0 Å². The van der Waals surface area contributed by atoms with Crippen LogP contribution in [-0.2, 0) is 9.53 Å². The molecule has 0 radical (unpaired) electrons. The first-order valence-electron chi connectivity index (χ1n) is 5.64. The molecule has 0 heterocycles. The highest BCUT2D eigenvalue weighted by molar-refractivity contribution is 5.79. The number of nitrogens with zero attached hydrogens (tertiary/aromatic N) is 1. The topological polar surface area (TPSA) is 81.5 Å². The van der Waals surface area contributed by atoms with Gasteiger partial charge in [0, 0.05) is 17.8 Å². The molecule has 1 atom stereocenters. The number of carbonyl (C=O) groups excluding carboxylic acids is 1. The lowest BCUT2D eigenvalue weighted by Crippen LogP contribution is -2.28. The molecule has 18 heavy (non-hydrogen) atoms. The number of nitro benzene ring substituents is 1. The quantitative estimate of drug-likeness (QED) is 0.494. The van der Waals surface area contributed by atoms with Gasteiger partial charge in [-0.2, -0.15) is 0 Å². The summed E-state index contributed by atoms with van der Waals surface area (Å²) in [5.74, 6) is -0.386. The molecule has 1 aromatic carbocycles. The molecule has 0 aliphatic rings. The molecular weight excluding hydrogens is 236 g/mol. The molecule has 1 unspecified atom stereocenters. The molecule has 98 valence electrons. The summed E-state index contributed by atoms with van der Waals surface area (Å²) in [4.78, 5) is 21.7. The van der Waals surface area contributed by atoms with Crippen LogP contribution in [0.25, 0.3) is 0 Å². The minimum Gasteiger partial charge on any atom is -0.464 e. The predicted octanol–water partition coefficient (Wildman–Crippen LogP) is 2.27. The van der Waals surface area contributed by atoms with Crippen LogP contribution >= 0.6 is 0 Å². The van der Waals surface area contributed by atoms with Crippen LogP contribution in [-0.4, -0.2) is 23.5 Å². The Labute approximate surface area is 105 Å². The summed E-state index contributed by atoms with van der Waals surface area (Å²) in [5.41, 5.74) is 1.38. The second-order valence-electron chi connectivity index (χ2n) is 3.87. The van der Waals surface area contributed by atoms with Crippen molar-refractivity contribution in [3.05, 3.63) is 33.9 Å². The molecule has 0 saturated carbocycles. The average molecular weight is 252 g/mol. The van der Waals surface area contributed by atoms with Crippen LogP contribution in [0.1, 0.15) is 19.4 Å². The third kappa shape index (κ3) is 3.44. The Morgan fingerprint density at radius 3 is 2.78 bits per heavy atom. The third-order valence-electron chi connectivity index (χ3n) is 2.44. The maximum Gasteiger partial charge on any atom is 0.328 e. The Hall–Kier alpha value is -2.11. The van der Waals surface area contributed by atoms with Crippen LogP contribution in [0.15, 0.2) is 18.2 Å². The van der Waals surface area contributed by atoms with Gasteiger partial charge in [0.05, 0.1) is 11.5 Å².